The lowest BCUT2D eigenvalue weighted by molar-refractivity contribution is 0.730. The van der Waals surface area contributed by atoms with Gasteiger partial charge in [-0.2, -0.15) is 0 Å². The first-order valence-electron chi connectivity index (χ1n) is 5.68. The maximum atomic E-state index is 5.82. The Bertz CT molecular complexity index is 358. The van der Waals surface area contributed by atoms with E-state index in [9.17, 15) is 0 Å². The normalized spacial score (nSPS) is 21.6. The first-order chi connectivity index (χ1) is 7.08. The molecule has 15 heavy (non-hydrogen) atoms. The molecule has 1 aliphatic rings. The minimum Gasteiger partial charge on any atom is -0.371 e. The van der Waals surface area contributed by atoms with Crippen molar-refractivity contribution in [1.82, 2.24) is 0 Å². The summed E-state index contributed by atoms with van der Waals surface area (Å²) in [4.78, 5) is 2.36. The summed E-state index contributed by atoms with van der Waals surface area (Å²) in [7, 11) is 2.17. The quantitative estimate of drug-likeness (QED) is 0.798. The molecule has 0 spiro atoms. The van der Waals surface area contributed by atoms with Crippen molar-refractivity contribution in [2.24, 2.45) is 5.73 Å². The second-order valence-electron chi connectivity index (χ2n) is 4.81. The number of hydrogen-bond acceptors (Lipinski definition) is 2. The Labute approximate surface area is 92.1 Å². The van der Waals surface area contributed by atoms with Crippen molar-refractivity contribution >= 4 is 5.69 Å². The van der Waals surface area contributed by atoms with Crippen molar-refractivity contribution in [3.8, 4) is 0 Å². The van der Waals surface area contributed by atoms with Gasteiger partial charge in [0, 0.05) is 24.8 Å². The minimum absolute atomic E-state index is 0.243. The Kier molecular flexibility index (Phi) is 2.70. The number of rotatable bonds is 2. The topological polar surface area (TPSA) is 29.3 Å². The Morgan fingerprint density at radius 2 is 2.27 bits per heavy atom. The van der Waals surface area contributed by atoms with Crippen LogP contribution in [0.3, 0.4) is 0 Å². The van der Waals surface area contributed by atoms with Crippen LogP contribution in [0.4, 0.5) is 5.69 Å². The molecule has 1 aromatic rings. The van der Waals surface area contributed by atoms with Crippen molar-refractivity contribution < 1.29 is 0 Å². The molecule has 1 heterocycles. The molecule has 1 aliphatic heterocycles. The van der Waals surface area contributed by atoms with Gasteiger partial charge in [0.25, 0.3) is 0 Å². The summed E-state index contributed by atoms with van der Waals surface area (Å²) in [6.07, 6.45) is 2.14. The molecule has 0 saturated carbocycles. The van der Waals surface area contributed by atoms with Gasteiger partial charge in [0.2, 0.25) is 0 Å². The average molecular weight is 204 g/mol. The van der Waals surface area contributed by atoms with Gasteiger partial charge in [-0.25, -0.2) is 0 Å². The van der Waals surface area contributed by atoms with Gasteiger partial charge in [-0.1, -0.05) is 12.1 Å². The SMILES string of the molecule is CC(N)Cc1ccc2c(c1)N(C)C(C)C2. The van der Waals surface area contributed by atoms with E-state index in [1.54, 1.807) is 0 Å². The summed E-state index contributed by atoms with van der Waals surface area (Å²) in [6.45, 7) is 4.32. The highest BCUT2D eigenvalue weighted by molar-refractivity contribution is 5.60. The maximum Gasteiger partial charge on any atom is 0.0402 e. The third kappa shape index (κ3) is 2.00. The molecular weight excluding hydrogens is 184 g/mol. The summed E-state index contributed by atoms with van der Waals surface area (Å²) in [6, 6.07) is 7.64. The summed E-state index contributed by atoms with van der Waals surface area (Å²) in [5, 5.41) is 0. The smallest absolute Gasteiger partial charge is 0.0402 e. The van der Waals surface area contributed by atoms with Crippen LogP contribution in [0.1, 0.15) is 25.0 Å². The lowest BCUT2D eigenvalue weighted by Crippen LogP contribution is -2.24. The minimum atomic E-state index is 0.243. The number of likely N-dealkylation sites (N-methyl/N-ethyl adjacent to an activating group) is 1. The number of anilines is 1. The van der Waals surface area contributed by atoms with Crippen LogP contribution >= 0.6 is 0 Å². The van der Waals surface area contributed by atoms with E-state index < -0.39 is 0 Å². The first-order valence-corrected chi connectivity index (χ1v) is 5.68. The van der Waals surface area contributed by atoms with Crippen LogP contribution in [0.2, 0.25) is 0 Å². The number of hydrogen-bond donors (Lipinski definition) is 1. The molecule has 2 heteroatoms. The van der Waals surface area contributed by atoms with E-state index in [0.717, 1.165) is 6.42 Å². The van der Waals surface area contributed by atoms with E-state index >= 15 is 0 Å². The van der Waals surface area contributed by atoms with Crippen molar-refractivity contribution in [1.29, 1.82) is 0 Å². The molecule has 2 nitrogen and oxygen atoms in total. The fraction of sp³-hybridized carbons (Fsp3) is 0.538. The second-order valence-corrected chi connectivity index (χ2v) is 4.81. The van der Waals surface area contributed by atoms with Crippen LogP contribution in [0.15, 0.2) is 18.2 Å². The predicted molar refractivity (Wildman–Crippen MR) is 65.4 cm³/mol. The van der Waals surface area contributed by atoms with Crippen molar-refractivity contribution in [3.63, 3.8) is 0 Å². The molecule has 0 fully saturated rings. The number of benzene rings is 1. The van der Waals surface area contributed by atoms with Crippen molar-refractivity contribution in [2.45, 2.75) is 38.8 Å². The lowest BCUT2D eigenvalue weighted by atomic mass is 10.0. The van der Waals surface area contributed by atoms with Gasteiger partial charge < -0.3 is 10.6 Å². The highest BCUT2D eigenvalue weighted by Crippen LogP contribution is 2.31. The predicted octanol–water partition coefficient (Wildman–Crippen LogP) is 1.96. The molecule has 0 amide bonds. The summed E-state index contributed by atoms with van der Waals surface area (Å²) >= 11 is 0. The van der Waals surface area contributed by atoms with Crippen LogP contribution in [-0.2, 0) is 12.8 Å². The number of fused-ring (bicyclic) bond motifs is 1. The molecule has 0 radical (unpaired) electrons. The number of nitrogens with zero attached hydrogens (tertiary/aromatic N) is 1. The summed E-state index contributed by atoms with van der Waals surface area (Å²) in [5.41, 5.74) is 10.0. The largest absolute Gasteiger partial charge is 0.371 e. The summed E-state index contributed by atoms with van der Waals surface area (Å²) < 4.78 is 0. The van der Waals surface area contributed by atoms with E-state index in [4.69, 9.17) is 5.73 Å². The molecule has 82 valence electrons. The van der Waals surface area contributed by atoms with E-state index in [2.05, 4.69) is 44.0 Å². The summed E-state index contributed by atoms with van der Waals surface area (Å²) in [5.74, 6) is 0. The van der Waals surface area contributed by atoms with Crippen molar-refractivity contribution in [3.05, 3.63) is 29.3 Å². The van der Waals surface area contributed by atoms with E-state index in [-0.39, 0.29) is 6.04 Å². The molecule has 0 bridgehead atoms. The number of nitrogens with two attached hydrogens (primary N) is 1. The highest BCUT2D eigenvalue weighted by Gasteiger charge is 2.22. The van der Waals surface area contributed by atoms with Gasteiger partial charge in [0.15, 0.2) is 0 Å². The Hall–Kier alpha value is -1.02. The van der Waals surface area contributed by atoms with E-state index in [0.29, 0.717) is 6.04 Å². The van der Waals surface area contributed by atoms with E-state index in [1.165, 1.54) is 23.2 Å². The molecule has 0 aromatic heterocycles. The molecule has 2 rings (SSSR count). The molecule has 2 atom stereocenters. The zero-order valence-electron chi connectivity index (χ0n) is 9.83. The van der Waals surface area contributed by atoms with E-state index in [1.807, 2.05) is 0 Å². The third-order valence-corrected chi connectivity index (χ3v) is 3.26. The first kappa shape index (κ1) is 10.5. The lowest BCUT2D eigenvalue weighted by Gasteiger charge is -2.19. The van der Waals surface area contributed by atoms with Crippen LogP contribution in [-0.4, -0.2) is 19.1 Å². The van der Waals surface area contributed by atoms with Crippen LogP contribution in [0.25, 0.3) is 0 Å². The Balaban J connectivity index is 2.27. The molecule has 0 saturated heterocycles. The maximum absolute atomic E-state index is 5.82. The fourth-order valence-corrected chi connectivity index (χ4v) is 2.30. The third-order valence-electron chi connectivity index (χ3n) is 3.26. The van der Waals surface area contributed by atoms with Gasteiger partial charge in [0.05, 0.1) is 0 Å². The Morgan fingerprint density at radius 3 is 2.93 bits per heavy atom. The van der Waals surface area contributed by atoms with Gasteiger partial charge in [0.1, 0.15) is 0 Å². The van der Waals surface area contributed by atoms with Gasteiger partial charge in [-0.3, -0.25) is 0 Å². The Morgan fingerprint density at radius 1 is 1.53 bits per heavy atom. The molecule has 2 unspecified atom stereocenters. The van der Waals surface area contributed by atoms with Gasteiger partial charge >= 0.3 is 0 Å². The highest BCUT2D eigenvalue weighted by atomic mass is 15.1. The van der Waals surface area contributed by atoms with Crippen LogP contribution < -0.4 is 10.6 Å². The average Bonchev–Trinajstić information content (AvgIpc) is 2.43. The molecule has 2 N–H and O–H groups in total. The standard InChI is InChI=1S/C13H20N2/c1-9(14)6-11-4-5-12-7-10(2)15(3)13(12)8-11/h4-5,8-10H,6-7,14H2,1-3H3. The van der Waals surface area contributed by atoms with Crippen LogP contribution in [0, 0.1) is 0 Å². The monoisotopic (exact) mass is 204 g/mol. The zero-order chi connectivity index (χ0) is 11.0. The van der Waals surface area contributed by atoms with Gasteiger partial charge in [-0.15, -0.1) is 0 Å². The zero-order valence-corrected chi connectivity index (χ0v) is 9.83. The molecule has 1 aromatic carbocycles. The van der Waals surface area contributed by atoms with Crippen molar-refractivity contribution in [2.75, 3.05) is 11.9 Å². The van der Waals surface area contributed by atoms with Gasteiger partial charge in [-0.05, 0) is 43.9 Å². The molecule has 0 aliphatic carbocycles. The molecular formula is C13H20N2. The van der Waals surface area contributed by atoms with Crippen LogP contribution in [0.5, 0.6) is 0 Å². The second kappa shape index (κ2) is 3.86. The fourth-order valence-electron chi connectivity index (χ4n) is 2.30.